The van der Waals surface area contributed by atoms with Gasteiger partial charge in [0.25, 0.3) is 0 Å². The molecule has 0 aliphatic heterocycles. The Balaban J connectivity index is 2.79. The van der Waals surface area contributed by atoms with Crippen molar-refractivity contribution in [3.05, 3.63) is 22.3 Å². The molecule has 1 aromatic rings. The minimum atomic E-state index is -0.0325. The van der Waals surface area contributed by atoms with Crippen LogP contribution in [-0.4, -0.2) is 29.6 Å². The molecular weight excluding hydrogens is 284 g/mol. The van der Waals surface area contributed by atoms with Crippen LogP contribution in [-0.2, 0) is 0 Å². The van der Waals surface area contributed by atoms with Gasteiger partial charge in [0.2, 0.25) is 0 Å². The van der Waals surface area contributed by atoms with Gasteiger partial charge in [0.05, 0.1) is 0 Å². The number of hydrogen-bond acceptors (Lipinski definition) is 4. The van der Waals surface area contributed by atoms with Crippen LogP contribution in [0.15, 0.2) is 21.9 Å². The maximum absolute atomic E-state index is 8.60. The van der Waals surface area contributed by atoms with Crippen LogP contribution in [0.3, 0.4) is 0 Å². The van der Waals surface area contributed by atoms with Crippen molar-refractivity contribution in [1.82, 2.24) is 4.98 Å². The van der Waals surface area contributed by atoms with Crippen molar-refractivity contribution in [3.8, 4) is 0 Å². The third-order valence-electron chi connectivity index (χ3n) is 2.55. The zero-order valence-corrected chi connectivity index (χ0v) is 11.8. The second-order valence-corrected chi connectivity index (χ2v) is 5.02. The van der Waals surface area contributed by atoms with E-state index >= 15 is 0 Å². The molecule has 94 valence electrons. The van der Waals surface area contributed by atoms with Crippen LogP contribution in [0.25, 0.3) is 0 Å². The molecule has 6 heteroatoms. The predicted octanol–water partition coefficient (Wildman–Crippen LogP) is 1.97. The Morgan fingerprint density at radius 3 is 2.88 bits per heavy atom. The normalized spacial score (nSPS) is 13.5. The summed E-state index contributed by atoms with van der Waals surface area (Å²) in [5.74, 6) is 1.09. The number of nitrogens with zero attached hydrogens (tertiary/aromatic N) is 3. The van der Waals surface area contributed by atoms with Gasteiger partial charge >= 0.3 is 0 Å². The van der Waals surface area contributed by atoms with E-state index in [4.69, 9.17) is 10.9 Å². The summed E-state index contributed by atoms with van der Waals surface area (Å²) in [7, 11) is 1.93. The molecule has 3 N–H and O–H groups in total. The van der Waals surface area contributed by atoms with Crippen LogP contribution in [0.4, 0.5) is 5.82 Å². The van der Waals surface area contributed by atoms with Crippen LogP contribution < -0.4 is 10.6 Å². The van der Waals surface area contributed by atoms with Crippen molar-refractivity contribution in [1.29, 1.82) is 0 Å². The summed E-state index contributed by atoms with van der Waals surface area (Å²) < 4.78 is 0.955. The molecule has 0 saturated heterocycles. The first-order valence-electron chi connectivity index (χ1n) is 5.26. The second kappa shape index (κ2) is 5.86. The quantitative estimate of drug-likeness (QED) is 0.386. The summed E-state index contributed by atoms with van der Waals surface area (Å²) in [6.45, 7) is 4.54. The highest BCUT2D eigenvalue weighted by Gasteiger charge is 2.13. The Morgan fingerprint density at radius 1 is 1.71 bits per heavy atom. The van der Waals surface area contributed by atoms with Crippen LogP contribution in [0.5, 0.6) is 0 Å². The lowest BCUT2D eigenvalue weighted by atomic mass is 10.1. The maximum atomic E-state index is 8.60. The number of anilines is 1. The van der Waals surface area contributed by atoms with Crippen LogP contribution in [0.1, 0.15) is 12.5 Å². The van der Waals surface area contributed by atoms with Crippen LogP contribution in [0.2, 0.25) is 0 Å². The Hall–Kier alpha value is -1.30. The molecule has 0 radical (unpaired) electrons. The molecule has 0 spiro atoms. The van der Waals surface area contributed by atoms with Crippen LogP contribution >= 0.6 is 15.9 Å². The zero-order valence-electron chi connectivity index (χ0n) is 10.2. The number of nitrogens with two attached hydrogens (primary N) is 1. The Labute approximate surface area is 109 Å². The number of pyridine rings is 1. The van der Waals surface area contributed by atoms with Gasteiger partial charge in [0, 0.05) is 30.2 Å². The van der Waals surface area contributed by atoms with Crippen molar-refractivity contribution in [2.24, 2.45) is 16.8 Å². The first kappa shape index (κ1) is 13.8. The molecule has 1 rings (SSSR count). The van der Waals surface area contributed by atoms with Crippen molar-refractivity contribution < 1.29 is 5.21 Å². The van der Waals surface area contributed by atoms with Gasteiger partial charge in [-0.3, -0.25) is 0 Å². The highest BCUT2D eigenvalue weighted by atomic mass is 79.9. The molecule has 1 heterocycles. The fourth-order valence-electron chi connectivity index (χ4n) is 1.62. The Morgan fingerprint density at radius 2 is 2.35 bits per heavy atom. The third-order valence-corrected chi connectivity index (χ3v) is 2.98. The molecule has 0 aromatic carbocycles. The van der Waals surface area contributed by atoms with Gasteiger partial charge in [-0.05, 0) is 34.5 Å². The number of oxime groups is 1. The number of amidine groups is 1. The number of aromatic nitrogens is 1. The van der Waals surface area contributed by atoms with E-state index in [2.05, 4.69) is 26.1 Å². The molecule has 1 aromatic heterocycles. The second-order valence-electron chi connectivity index (χ2n) is 4.10. The third kappa shape index (κ3) is 3.59. The van der Waals surface area contributed by atoms with E-state index < -0.39 is 0 Å². The van der Waals surface area contributed by atoms with E-state index in [0.29, 0.717) is 6.54 Å². The molecular formula is C11H17BrN4O. The summed E-state index contributed by atoms with van der Waals surface area (Å²) in [6, 6.07) is 2.01. The molecule has 5 nitrogen and oxygen atoms in total. The minimum absolute atomic E-state index is 0.0325. The predicted molar refractivity (Wildman–Crippen MR) is 72.5 cm³/mol. The minimum Gasteiger partial charge on any atom is -0.409 e. The standard InChI is InChI=1S/C11H17BrN4O/c1-7-4-9(12)5-14-11(7)16(3)6-8(2)10(13)15-17/h4-5,8,17H,6H2,1-3H3,(H2,13,15). The fourth-order valence-corrected chi connectivity index (χ4v) is 2.07. The van der Waals surface area contributed by atoms with Crippen LogP contribution in [0, 0.1) is 12.8 Å². The largest absolute Gasteiger partial charge is 0.409 e. The maximum Gasteiger partial charge on any atom is 0.143 e. The monoisotopic (exact) mass is 300 g/mol. The average molecular weight is 301 g/mol. The SMILES string of the molecule is Cc1cc(Br)cnc1N(C)CC(C)C(N)=NO. The molecule has 17 heavy (non-hydrogen) atoms. The highest BCUT2D eigenvalue weighted by molar-refractivity contribution is 9.10. The fraction of sp³-hybridized carbons (Fsp3) is 0.455. The van der Waals surface area contributed by atoms with Gasteiger partial charge in [-0.2, -0.15) is 0 Å². The topological polar surface area (TPSA) is 74.7 Å². The van der Waals surface area contributed by atoms with Gasteiger partial charge in [0.15, 0.2) is 0 Å². The van der Waals surface area contributed by atoms with Gasteiger partial charge in [0.1, 0.15) is 11.7 Å². The molecule has 0 fully saturated rings. The smallest absolute Gasteiger partial charge is 0.143 e. The van der Waals surface area contributed by atoms with E-state index in [9.17, 15) is 0 Å². The first-order chi connectivity index (χ1) is 7.95. The highest BCUT2D eigenvalue weighted by Crippen LogP contribution is 2.20. The average Bonchev–Trinajstić information content (AvgIpc) is 2.27. The zero-order chi connectivity index (χ0) is 13.0. The van der Waals surface area contributed by atoms with Gasteiger partial charge < -0.3 is 15.8 Å². The van der Waals surface area contributed by atoms with Gasteiger partial charge in [-0.15, -0.1) is 0 Å². The van der Waals surface area contributed by atoms with Crippen molar-refractivity contribution in [3.63, 3.8) is 0 Å². The lowest BCUT2D eigenvalue weighted by molar-refractivity contribution is 0.314. The number of hydrogen-bond donors (Lipinski definition) is 2. The van der Waals surface area contributed by atoms with Crippen molar-refractivity contribution in [2.75, 3.05) is 18.5 Å². The molecule has 1 unspecified atom stereocenters. The molecule has 0 saturated carbocycles. The number of halogens is 1. The van der Waals surface area contributed by atoms with Gasteiger partial charge in [-0.25, -0.2) is 4.98 Å². The van der Waals surface area contributed by atoms with Crippen molar-refractivity contribution >= 4 is 27.6 Å². The number of aryl methyl sites for hydroxylation is 1. The molecule has 0 aliphatic carbocycles. The van der Waals surface area contributed by atoms with E-state index in [1.807, 2.05) is 31.9 Å². The van der Waals surface area contributed by atoms with E-state index in [-0.39, 0.29) is 11.8 Å². The first-order valence-corrected chi connectivity index (χ1v) is 6.05. The Kier molecular flexibility index (Phi) is 4.74. The molecule has 0 aliphatic rings. The summed E-state index contributed by atoms with van der Waals surface area (Å²) >= 11 is 3.38. The summed E-state index contributed by atoms with van der Waals surface area (Å²) in [5.41, 5.74) is 6.63. The van der Waals surface area contributed by atoms with Crippen molar-refractivity contribution in [2.45, 2.75) is 13.8 Å². The lowest BCUT2D eigenvalue weighted by Crippen LogP contribution is -2.33. The van der Waals surface area contributed by atoms with Gasteiger partial charge in [-0.1, -0.05) is 12.1 Å². The summed E-state index contributed by atoms with van der Waals surface area (Å²) in [5, 5.41) is 11.6. The van der Waals surface area contributed by atoms with E-state index in [1.54, 1.807) is 6.20 Å². The summed E-state index contributed by atoms with van der Waals surface area (Å²) in [6.07, 6.45) is 1.76. The molecule has 0 amide bonds. The lowest BCUT2D eigenvalue weighted by Gasteiger charge is -2.23. The van der Waals surface area contributed by atoms with E-state index in [0.717, 1.165) is 15.9 Å². The molecule has 0 bridgehead atoms. The Bertz CT molecular complexity index is 422. The molecule has 1 atom stereocenters. The number of rotatable bonds is 4. The summed E-state index contributed by atoms with van der Waals surface area (Å²) in [4.78, 5) is 6.34. The van der Waals surface area contributed by atoms with E-state index in [1.165, 1.54) is 0 Å².